The highest BCUT2D eigenvalue weighted by Gasteiger charge is 2.34. The summed E-state index contributed by atoms with van der Waals surface area (Å²) in [5.74, 6) is -0.558. The number of hydrogen-bond donors (Lipinski definition) is 1. The Labute approximate surface area is 164 Å². The van der Waals surface area contributed by atoms with E-state index in [9.17, 15) is 9.59 Å². The van der Waals surface area contributed by atoms with Gasteiger partial charge in [0.25, 0.3) is 11.8 Å². The Balaban J connectivity index is 1.93. The van der Waals surface area contributed by atoms with Crippen molar-refractivity contribution < 1.29 is 14.0 Å². The molecule has 1 fully saturated rings. The molecule has 1 aliphatic heterocycles. The van der Waals surface area contributed by atoms with Gasteiger partial charge >= 0.3 is 0 Å². The monoisotopic (exact) mass is 466 g/mol. The summed E-state index contributed by atoms with van der Waals surface area (Å²) in [4.78, 5) is 26.3. The van der Waals surface area contributed by atoms with E-state index in [0.717, 1.165) is 12.8 Å². The highest BCUT2D eigenvalue weighted by atomic mass is 127. The Morgan fingerprint density at radius 2 is 1.92 bits per heavy atom. The minimum Gasteiger partial charge on any atom is -0.451 e. The molecule has 1 aromatic heterocycles. The van der Waals surface area contributed by atoms with E-state index in [1.165, 1.54) is 16.5 Å². The lowest BCUT2D eigenvalue weighted by Crippen LogP contribution is -2.54. The van der Waals surface area contributed by atoms with Crippen molar-refractivity contribution in [3.8, 4) is 0 Å². The Kier molecular flexibility index (Phi) is 5.33. The van der Waals surface area contributed by atoms with Crippen molar-refractivity contribution >= 4 is 63.5 Å². The number of furan rings is 1. The fraction of sp³-hybridized carbons (Fsp3) is 0.167. The topological polar surface area (TPSA) is 62.6 Å². The van der Waals surface area contributed by atoms with Crippen molar-refractivity contribution in [3.05, 3.63) is 57.1 Å². The van der Waals surface area contributed by atoms with Crippen LogP contribution in [0.2, 0.25) is 0 Å². The molecule has 7 heteroatoms. The number of amides is 2. The maximum absolute atomic E-state index is 12.8. The van der Waals surface area contributed by atoms with Crippen molar-refractivity contribution in [1.29, 1.82) is 0 Å². The van der Waals surface area contributed by atoms with Crippen molar-refractivity contribution in [2.45, 2.75) is 19.8 Å². The molecule has 2 aromatic rings. The molecule has 128 valence electrons. The van der Waals surface area contributed by atoms with Gasteiger partial charge < -0.3 is 4.42 Å². The number of hydrogen-bond acceptors (Lipinski definition) is 4. The molecule has 2 amide bonds. The average Bonchev–Trinajstić information content (AvgIpc) is 2.98. The number of carbonyl (C=O) groups is 2. The maximum Gasteiger partial charge on any atom is 0.270 e. The largest absolute Gasteiger partial charge is 0.451 e. The molecular weight excluding hydrogens is 451 g/mol. The van der Waals surface area contributed by atoms with E-state index in [-0.39, 0.29) is 10.7 Å². The molecule has 1 saturated heterocycles. The van der Waals surface area contributed by atoms with E-state index in [4.69, 9.17) is 16.6 Å². The second-order valence-electron chi connectivity index (χ2n) is 5.52. The predicted molar refractivity (Wildman–Crippen MR) is 108 cm³/mol. The summed E-state index contributed by atoms with van der Waals surface area (Å²) in [6.45, 7) is 2.11. The molecule has 1 aromatic carbocycles. The summed E-state index contributed by atoms with van der Waals surface area (Å²) in [5, 5.41) is 2.63. The first-order chi connectivity index (χ1) is 12.0. The number of halogens is 1. The molecule has 0 saturated carbocycles. The molecule has 0 unspecified atom stereocenters. The minimum absolute atomic E-state index is 0.0167. The SMILES string of the molecule is CCCc1ccc(N2C(=O)C(=Cc3ccc(I)o3)C(=O)NC2=S)cc1. The number of nitrogens with one attached hydrogen (secondary N) is 1. The smallest absolute Gasteiger partial charge is 0.270 e. The lowest BCUT2D eigenvalue weighted by atomic mass is 10.1. The lowest BCUT2D eigenvalue weighted by molar-refractivity contribution is -0.122. The molecule has 2 heterocycles. The van der Waals surface area contributed by atoms with Gasteiger partial charge in [-0.05, 0) is 77.1 Å². The minimum atomic E-state index is -0.528. The van der Waals surface area contributed by atoms with Crippen LogP contribution in [0.25, 0.3) is 6.08 Å². The Morgan fingerprint density at radius 1 is 1.20 bits per heavy atom. The number of benzene rings is 1. The predicted octanol–water partition coefficient (Wildman–Crippen LogP) is 3.67. The standard InChI is InChI=1S/C18H15IN2O3S/c1-2-3-11-4-6-12(7-5-11)21-17(23)14(16(22)20-18(21)25)10-13-8-9-15(19)24-13/h4-10H,2-3H2,1H3,(H,20,22,25). The van der Waals surface area contributed by atoms with Crippen LogP contribution in [0.5, 0.6) is 0 Å². The molecule has 0 aliphatic carbocycles. The highest BCUT2D eigenvalue weighted by molar-refractivity contribution is 14.1. The van der Waals surface area contributed by atoms with Crippen LogP contribution < -0.4 is 10.2 Å². The number of aryl methyl sites for hydroxylation is 1. The van der Waals surface area contributed by atoms with Gasteiger partial charge in [-0.25, -0.2) is 0 Å². The van der Waals surface area contributed by atoms with E-state index in [1.54, 1.807) is 12.1 Å². The van der Waals surface area contributed by atoms with E-state index in [0.29, 0.717) is 15.2 Å². The summed E-state index contributed by atoms with van der Waals surface area (Å²) in [7, 11) is 0. The third-order valence-electron chi connectivity index (χ3n) is 3.72. The van der Waals surface area contributed by atoms with Gasteiger partial charge in [-0.15, -0.1) is 0 Å². The molecule has 5 nitrogen and oxygen atoms in total. The normalized spacial score (nSPS) is 16.5. The van der Waals surface area contributed by atoms with Gasteiger partial charge in [0.15, 0.2) is 8.88 Å². The highest BCUT2D eigenvalue weighted by Crippen LogP contribution is 2.23. The molecular formula is C18H15IN2O3S. The van der Waals surface area contributed by atoms with E-state index in [2.05, 4.69) is 12.2 Å². The lowest BCUT2D eigenvalue weighted by Gasteiger charge is -2.28. The molecule has 25 heavy (non-hydrogen) atoms. The van der Waals surface area contributed by atoms with Crippen LogP contribution in [0.1, 0.15) is 24.7 Å². The van der Waals surface area contributed by atoms with Crippen LogP contribution >= 0.6 is 34.8 Å². The van der Waals surface area contributed by atoms with Crippen molar-refractivity contribution in [2.24, 2.45) is 0 Å². The van der Waals surface area contributed by atoms with Crippen LogP contribution in [-0.2, 0) is 16.0 Å². The summed E-state index contributed by atoms with van der Waals surface area (Å²) >= 11 is 7.21. The second-order valence-corrected chi connectivity index (χ2v) is 6.97. The fourth-order valence-electron chi connectivity index (χ4n) is 2.54. The Hall–Kier alpha value is -2.00. The zero-order valence-corrected chi connectivity index (χ0v) is 16.4. The van der Waals surface area contributed by atoms with E-state index < -0.39 is 11.8 Å². The van der Waals surface area contributed by atoms with Gasteiger partial charge in [0.2, 0.25) is 0 Å². The van der Waals surface area contributed by atoms with Crippen molar-refractivity contribution in [2.75, 3.05) is 4.90 Å². The number of nitrogens with zero attached hydrogens (tertiary/aromatic N) is 1. The molecule has 0 bridgehead atoms. The number of rotatable bonds is 4. The van der Waals surface area contributed by atoms with Crippen molar-refractivity contribution in [1.82, 2.24) is 5.32 Å². The summed E-state index contributed by atoms with van der Waals surface area (Å²) in [6.07, 6.45) is 3.45. The Morgan fingerprint density at radius 3 is 2.52 bits per heavy atom. The van der Waals surface area contributed by atoms with Crippen LogP contribution in [0.4, 0.5) is 5.69 Å². The zero-order valence-electron chi connectivity index (χ0n) is 13.4. The first kappa shape index (κ1) is 17.8. The first-order valence-electron chi connectivity index (χ1n) is 7.75. The zero-order chi connectivity index (χ0) is 18.0. The quantitative estimate of drug-likeness (QED) is 0.324. The van der Waals surface area contributed by atoms with Crippen LogP contribution in [0, 0.1) is 3.77 Å². The summed E-state index contributed by atoms with van der Waals surface area (Å²) in [5.41, 5.74) is 1.79. The average molecular weight is 466 g/mol. The van der Waals surface area contributed by atoms with Gasteiger partial charge in [0, 0.05) is 0 Å². The molecule has 0 atom stereocenters. The first-order valence-corrected chi connectivity index (χ1v) is 9.24. The number of anilines is 1. The number of thiocarbonyl (C=S) groups is 1. The van der Waals surface area contributed by atoms with Crippen LogP contribution in [-0.4, -0.2) is 16.9 Å². The second kappa shape index (κ2) is 7.49. The molecule has 1 N–H and O–H groups in total. The van der Waals surface area contributed by atoms with Gasteiger partial charge in [0.05, 0.1) is 5.69 Å². The molecule has 0 spiro atoms. The third-order valence-corrected chi connectivity index (χ3v) is 4.58. The van der Waals surface area contributed by atoms with Crippen LogP contribution in [0.15, 0.2) is 46.4 Å². The summed E-state index contributed by atoms with van der Waals surface area (Å²) < 4.78 is 6.09. The van der Waals surface area contributed by atoms with E-state index in [1.807, 2.05) is 46.9 Å². The molecule has 0 radical (unpaired) electrons. The van der Waals surface area contributed by atoms with E-state index >= 15 is 0 Å². The van der Waals surface area contributed by atoms with Gasteiger partial charge in [0.1, 0.15) is 11.3 Å². The summed E-state index contributed by atoms with van der Waals surface area (Å²) in [6, 6.07) is 11.0. The fourth-order valence-corrected chi connectivity index (χ4v) is 3.26. The third kappa shape index (κ3) is 3.82. The molecule has 3 rings (SSSR count). The Bertz CT molecular complexity index is 871. The van der Waals surface area contributed by atoms with Gasteiger partial charge in [-0.1, -0.05) is 25.5 Å². The molecule has 1 aliphatic rings. The maximum atomic E-state index is 12.8. The van der Waals surface area contributed by atoms with Crippen molar-refractivity contribution in [3.63, 3.8) is 0 Å². The van der Waals surface area contributed by atoms with Gasteiger partial charge in [-0.3, -0.25) is 19.8 Å². The van der Waals surface area contributed by atoms with Gasteiger partial charge in [-0.2, -0.15) is 0 Å². The van der Waals surface area contributed by atoms with Crippen LogP contribution in [0.3, 0.4) is 0 Å². The number of carbonyl (C=O) groups excluding carboxylic acids is 2.